The molecule has 4 heteroatoms. The van der Waals surface area contributed by atoms with Crippen molar-refractivity contribution in [3.8, 4) is 0 Å². The summed E-state index contributed by atoms with van der Waals surface area (Å²) in [5.74, 6) is 0.314. The van der Waals surface area contributed by atoms with Crippen molar-refractivity contribution < 1.29 is 8.42 Å². The first kappa shape index (κ1) is 21.9. The van der Waals surface area contributed by atoms with Gasteiger partial charge in [0.15, 0.2) is 9.84 Å². The predicted octanol–water partition coefficient (Wildman–Crippen LogP) is 6.52. The third-order valence-corrected chi connectivity index (χ3v) is 8.66. The minimum atomic E-state index is -2.97. The van der Waals surface area contributed by atoms with Gasteiger partial charge in [-0.05, 0) is 70.7 Å². The molecule has 0 unspecified atom stereocenters. The molecule has 0 spiro atoms. The molecule has 158 valence electrons. The van der Waals surface area contributed by atoms with Crippen molar-refractivity contribution in [1.82, 2.24) is 4.57 Å². The Morgan fingerprint density at radius 1 is 0.828 bits per heavy atom. The number of fused-ring (bicyclic) bond motifs is 3. The smallest absolute Gasteiger partial charge is 0.155 e. The lowest BCUT2D eigenvalue weighted by atomic mass is 10.0. The van der Waals surface area contributed by atoms with E-state index in [2.05, 4.69) is 54.0 Å². The number of para-hydroxylation sites is 1. The summed E-state index contributed by atoms with van der Waals surface area (Å²) in [4.78, 5) is 0. The largest absolute Gasteiger partial charge is 0.341 e. The molecule has 0 aliphatic rings. The number of hydrogen-bond donors (Lipinski definition) is 0. The van der Waals surface area contributed by atoms with Gasteiger partial charge < -0.3 is 4.57 Å². The van der Waals surface area contributed by atoms with Crippen LogP contribution in [-0.4, -0.2) is 23.5 Å². The lowest BCUT2D eigenvalue weighted by Gasteiger charge is -2.18. The summed E-state index contributed by atoms with van der Waals surface area (Å²) < 4.78 is 26.1. The van der Waals surface area contributed by atoms with Gasteiger partial charge >= 0.3 is 0 Å². The Kier molecular flexibility index (Phi) is 6.72. The highest BCUT2D eigenvalue weighted by Crippen LogP contribution is 2.30. The van der Waals surface area contributed by atoms with Crippen LogP contribution >= 0.6 is 0 Å². The van der Waals surface area contributed by atoms with Crippen molar-refractivity contribution in [3.63, 3.8) is 0 Å². The fourth-order valence-electron chi connectivity index (χ4n) is 4.05. The van der Waals surface area contributed by atoms with Crippen LogP contribution in [0.5, 0.6) is 0 Å². The molecule has 29 heavy (non-hydrogen) atoms. The fraction of sp³-hybridized carbons (Fsp3) is 0.520. The maximum Gasteiger partial charge on any atom is 0.155 e. The summed E-state index contributed by atoms with van der Waals surface area (Å²) in [7, 11) is -2.97. The third-order valence-electron chi connectivity index (χ3n) is 5.96. The average Bonchev–Trinajstić information content (AvgIpc) is 2.99. The van der Waals surface area contributed by atoms with Gasteiger partial charge in [-0.3, -0.25) is 0 Å². The third kappa shape index (κ3) is 4.85. The van der Waals surface area contributed by atoms with Crippen LogP contribution in [0.1, 0.15) is 65.4 Å². The molecule has 0 saturated carbocycles. The van der Waals surface area contributed by atoms with Gasteiger partial charge in [-0.15, -0.1) is 0 Å². The molecule has 0 amide bonds. The molecule has 3 aromatic rings. The Balaban J connectivity index is 1.52. The molecule has 0 atom stereocenters. The topological polar surface area (TPSA) is 39.1 Å². The van der Waals surface area contributed by atoms with Gasteiger partial charge in [0.25, 0.3) is 0 Å². The number of hydrogen-bond acceptors (Lipinski definition) is 2. The van der Waals surface area contributed by atoms with E-state index in [1.807, 2.05) is 0 Å². The first-order chi connectivity index (χ1) is 13.7. The number of benzene rings is 2. The summed E-state index contributed by atoms with van der Waals surface area (Å²) >= 11 is 0. The van der Waals surface area contributed by atoms with Crippen molar-refractivity contribution in [3.05, 3.63) is 48.0 Å². The lowest BCUT2D eigenvalue weighted by Crippen LogP contribution is -2.30. The van der Waals surface area contributed by atoms with Crippen LogP contribution in [-0.2, 0) is 22.8 Å². The maximum atomic E-state index is 12.1. The fourth-order valence-corrected chi connectivity index (χ4v) is 5.25. The first-order valence-electron chi connectivity index (χ1n) is 11.0. The summed E-state index contributed by atoms with van der Waals surface area (Å²) in [6, 6.07) is 15.6. The summed E-state index contributed by atoms with van der Waals surface area (Å²) in [6.07, 6.45) is 6.29. The predicted molar refractivity (Wildman–Crippen MR) is 125 cm³/mol. The monoisotopic (exact) mass is 413 g/mol. The highest BCUT2D eigenvalue weighted by Gasteiger charge is 2.27. The van der Waals surface area contributed by atoms with Crippen molar-refractivity contribution in [2.24, 2.45) is 0 Å². The second-order valence-corrected chi connectivity index (χ2v) is 11.9. The van der Waals surface area contributed by atoms with Crippen LogP contribution in [0.3, 0.4) is 0 Å². The number of aryl methyl sites for hydroxylation is 2. The molecular weight excluding hydrogens is 378 g/mol. The molecule has 0 saturated heterocycles. The van der Waals surface area contributed by atoms with Crippen LogP contribution in [0.15, 0.2) is 42.5 Å². The molecule has 1 aromatic heterocycles. The summed E-state index contributed by atoms with van der Waals surface area (Å²) in [5, 5.41) is 2.69. The minimum absolute atomic E-state index is 0.314. The molecule has 0 fully saturated rings. The van der Waals surface area contributed by atoms with Crippen LogP contribution in [0.2, 0.25) is 0 Å². The van der Waals surface area contributed by atoms with Gasteiger partial charge in [0.2, 0.25) is 0 Å². The molecule has 0 radical (unpaired) electrons. The number of rotatable bonds is 9. The highest BCUT2D eigenvalue weighted by molar-refractivity contribution is 7.92. The Morgan fingerprint density at radius 2 is 1.48 bits per heavy atom. The number of aromatic nitrogens is 1. The van der Waals surface area contributed by atoms with E-state index >= 15 is 0 Å². The first-order valence-corrected chi connectivity index (χ1v) is 12.6. The summed E-state index contributed by atoms with van der Waals surface area (Å²) in [5.41, 5.74) is 4.02. The molecule has 0 aliphatic carbocycles. The van der Waals surface area contributed by atoms with Crippen LogP contribution in [0.4, 0.5) is 0 Å². The Hall–Kier alpha value is -1.81. The van der Waals surface area contributed by atoms with Crippen molar-refractivity contribution >= 4 is 31.6 Å². The van der Waals surface area contributed by atoms with Gasteiger partial charge in [0, 0.05) is 28.4 Å². The van der Waals surface area contributed by atoms with Gasteiger partial charge in [-0.25, -0.2) is 8.42 Å². The zero-order valence-corrected chi connectivity index (χ0v) is 19.2. The standard InChI is InChI=1S/C25H35NO2S/c1-5-26-23-15-11-10-14-21(23)22-19-20(16-17-24(22)26)13-9-7-6-8-12-18-29(27,28)25(2,3)4/h10-11,14-17,19H,5-9,12-13,18H2,1-4H3. The molecule has 3 rings (SSSR count). The zero-order chi connectivity index (χ0) is 21.1. The van der Waals surface area contributed by atoms with Gasteiger partial charge in [0.05, 0.1) is 10.5 Å². The van der Waals surface area contributed by atoms with E-state index in [0.717, 1.165) is 45.1 Å². The number of nitrogens with zero attached hydrogens (tertiary/aromatic N) is 1. The lowest BCUT2D eigenvalue weighted by molar-refractivity contribution is 0.552. The van der Waals surface area contributed by atoms with Crippen molar-refractivity contribution in [1.29, 1.82) is 0 Å². The molecule has 2 aromatic carbocycles. The Labute approximate surface area is 176 Å². The highest BCUT2D eigenvalue weighted by atomic mass is 32.2. The molecular formula is C25H35NO2S. The van der Waals surface area contributed by atoms with Crippen LogP contribution in [0, 0.1) is 0 Å². The quantitative estimate of drug-likeness (QED) is 0.375. The second-order valence-electron chi connectivity index (χ2n) is 9.06. The molecule has 1 heterocycles. The minimum Gasteiger partial charge on any atom is -0.341 e. The van der Waals surface area contributed by atoms with Gasteiger partial charge in [-0.2, -0.15) is 0 Å². The van der Waals surface area contributed by atoms with E-state index < -0.39 is 14.6 Å². The second kappa shape index (κ2) is 8.91. The maximum absolute atomic E-state index is 12.1. The average molecular weight is 414 g/mol. The van der Waals surface area contributed by atoms with E-state index in [1.54, 1.807) is 20.8 Å². The Bertz CT molecular complexity index is 1070. The normalized spacial score (nSPS) is 12.8. The summed E-state index contributed by atoms with van der Waals surface area (Å²) in [6.45, 7) is 8.55. The van der Waals surface area contributed by atoms with E-state index in [-0.39, 0.29) is 0 Å². The van der Waals surface area contributed by atoms with Crippen LogP contribution in [0.25, 0.3) is 21.8 Å². The van der Waals surface area contributed by atoms with E-state index in [1.165, 1.54) is 27.4 Å². The van der Waals surface area contributed by atoms with E-state index in [0.29, 0.717) is 5.75 Å². The van der Waals surface area contributed by atoms with E-state index in [4.69, 9.17) is 0 Å². The Morgan fingerprint density at radius 3 is 2.21 bits per heavy atom. The van der Waals surface area contributed by atoms with Crippen LogP contribution < -0.4 is 0 Å². The molecule has 0 aliphatic heterocycles. The molecule has 0 N–H and O–H groups in total. The van der Waals surface area contributed by atoms with Gasteiger partial charge in [0.1, 0.15) is 0 Å². The zero-order valence-electron chi connectivity index (χ0n) is 18.4. The number of sulfone groups is 1. The van der Waals surface area contributed by atoms with E-state index in [9.17, 15) is 8.42 Å². The molecule has 3 nitrogen and oxygen atoms in total. The number of unbranched alkanes of at least 4 members (excludes halogenated alkanes) is 4. The van der Waals surface area contributed by atoms with Crippen molar-refractivity contribution in [2.45, 2.75) is 77.5 Å². The van der Waals surface area contributed by atoms with Crippen molar-refractivity contribution in [2.75, 3.05) is 5.75 Å². The SMILES string of the molecule is CCn1c2ccccc2c2cc(CCCCCCCS(=O)(=O)C(C)(C)C)ccc21. The molecule has 0 bridgehead atoms. The van der Waals surface area contributed by atoms with Gasteiger partial charge in [-0.1, -0.05) is 43.5 Å².